The molecule has 7 atom stereocenters. The number of fused-ring (bicyclic) bond motifs is 1. The monoisotopic (exact) mass is 532 g/mol. The van der Waals surface area contributed by atoms with Gasteiger partial charge < -0.3 is 24.4 Å². The molecule has 1 N–H and O–H groups in total. The molecular formula is C30H48N2O6. The fraction of sp³-hybridized carbons (Fsp3) is 0.767. The van der Waals surface area contributed by atoms with Crippen LogP contribution in [-0.2, 0) is 23.9 Å². The second kappa shape index (κ2) is 12.3. The summed E-state index contributed by atoms with van der Waals surface area (Å²) in [6.07, 6.45) is 7.78. The standard InChI is InChI=1S/C30H48N2O6/c1-8-12-17-37-28(36)24-23-26(34)32(22(19-33)18-20(5)6)25(30(23)15-14-29(24,11-4)38-30)27(35)31(16-10-3)21(7)13-9-2/h8,10,20-25,33H,1,3,9,11-19H2,2,4-7H3/t21?,22-,23+,24+,25?,29-,30?/m1/s1. The summed E-state index contributed by atoms with van der Waals surface area (Å²) in [4.78, 5) is 45.8. The Balaban J connectivity index is 2.14. The molecule has 3 heterocycles. The third kappa shape index (κ3) is 5.06. The number of aliphatic hydroxyl groups excluding tert-OH is 1. The van der Waals surface area contributed by atoms with Crippen LogP contribution in [0.2, 0.25) is 0 Å². The lowest BCUT2D eigenvalue weighted by molar-refractivity contribution is -0.164. The molecule has 2 amide bonds. The first-order valence-electron chi connectivity index (χ1n) is 14.4. The normalized spacial score (nSPS) is 31.3. The Hall–Kier alpha value is -2.19. The number of carbonyl (C=O) groups is 3. The van der Waals surface area contributed by atoms with E-state index in [0.29, 0.717) is 38.6 Å². The van der Waals surface area contributed by atoms with E-state index in [-0.39, 0.29) is 37.0 Å². The van der Waals surface area contributed by atoms with Crippen LogP contribution in [-0.4, -0.2) is 81.8 Å². The molecule has 3 rings (SSSR count). The average Bonchev–Trinajstić information content (AvgIpc) is 3.49. The summed E-state index contributed by atoms with van der Waals surface area (Å²) in [5.41, 5.74) is -1.98. The van der Waals surface area contributed by atoms with E-state index in [4.69, 9.17) is 9.47 Å². The van der Waals surface area contributed by atoms with Crippen LogP contribution in [0.25, 0.3) is 0 Å². The van der Waals surface area contributed by atoms with Crippen LogP contribution in [0.5, 0.6) is 0 Å². The molecule has 1 spiro atoms. The van der Waals surface area contributed by atoms with Crippen LogP contribution in [0.1, 0.15) is 79.6 Å². The summed E-state index contributed by atoms with van der Waals surface area (Å²) in [5.74, 6) is -2.36. The number of rotatable bonds is 15. The minimum atomic E-state index is -1.14. The minimum Gasteiger partial charge on any atom is -0.465 e. The number of ether oxygens (including phenoxy) is 2. The highest BCUT2D eigenvalue weighted by Crippen LogP contribution is 2.65. The molecule has 0 saturated carbocycles. The van der Waals surface area contributed by atoms with Gasteiger partial charge in [0.1, 0.15) is 17.6 Å². The van der Waals surface area contributed by atoms with Crippen LogP contribution in [0.4, 0.5) is 0 Å². The summed E-state index contributed by atoms with van der Waals surface area (Å²) in [7, 11) is 0. The van der Waals surface area contributed by atoms with Gasteiger partial charge in [-0.1, -0.05) is 46.3 Å². The molecule has 3 unspecified atom stereocenters. The van der Waals surface area contributed by atoms with Crippen LogP contribution in [0, 0.1) is 17.8 Å². The van der Waals surface area contributed by atoms with Gasteiger partial charge in [0.25, 0.3) is 0 Å². The maximum Gasteiger partial charge on any atom is 0.312 e. The van der Waals surface area contributed by atoms with Gasteiger partial charge >= 0.3 is 5.97 Å². The zero-order valence-corrected chi connectivity index (χ0v) is 24.0. The summed E-state index contributed by atoms with van der Waals surface area (Å²) >= 11 is 0. The van der Waals surface area contributed by atoms with Crippen LogP contribution < -0.4 is 0 Å². The Morgan fingerprint density at radius 1 is 1.24 bits per heavy atom. The lowest BCUT2D eigenvalue weighted by atomic mass is 9.65. The van der Waals surface area contributed by atoms with Crippen molar-refractivity contribution in [2.24, 2.45) is 17.8 Å². The minimum absolute atomic E-state index is 0.0611. The Labute approximate surface area is 228 Å². The molecule has 3 saturated heterocycles. The third-order valence-corrected chi connectivity index (χ3v) is 8.87. The van der Waals surface area contributed by atoms with Crippen molar-refractivity contribution in [3.8, 4) is 0 Å². The molecular weight excluding hydrogens is 484 g/mol. The number of amides is 2. The summed E-state index contributed by atoms with van der Waals surface area (Å²) < 4.78 is 12.4. The Bertz CT molecular complexity index is 905. The van der Waals surface area contributed by atoms with Crippen molar-refractivity contribution >= 4 is 17.8 Å². The maximum absolute atomic E-state index is 14.5. The van der Waals surface area contributed by atoms with E-state index in [0.717, 1.165) is 12.8 Å². The van der Waals surface area contributed by atoms with Gasteiger partial charge in [-0.3, -0.25) is 14.4 Å². The average molecular weight is 533 g/mol. The van der Waals surface area contributed by atoms with E-state index in [9.17, 15) is 19.5 Å². The van der Waals surface area contributed by atoms with Gasteiger partial charge in [0.05, 0.1) is 30.8 Å². The zero-order chi connectivity index (χ0) is 28.3. The Morgan fingerprint density at radius 2 is 1.95 bits per heavy atom. The van der Waals surface area contributed by atoms with E-state index in [1.54, 1.807) is 22.0 Å². The van der Waals surface area contributed by atoms with Crippen LogP contribution in [0.3, 0.4) is 0 Å². The van der Waals surface area contributed by atoms with Gasteiger partial charge in [-0.15, -0.1) is 13.2 Å². The van der Waals surface area contributed by atoms with E-state index in [2.05, 4.69) is 20.1 Å². The zero-order valence-electron chi connectivity index (χ0n) is 24.0. The number of aliphatic hydroxyl groups is 1. The SMILES string of the molecule is C=CCCOC(=O)[C@@H]1[C@H]2C(=O)N([C@@H](CO)CC(C)C)C(C(=O)N(CC=C)C(C)CCC)C23CC[C@@]1(CC)O3. The van der Waals surface area contributed by atoms with Crippen molar-refractivity contribution < 1.29 is 29.0 Å². The van der Waals surface area contributed by atoms with Crippen molar-refractivity contribution in [1.82, 2.24) is 9.80 Å². The summed E-state index contributed by atoms with van der Waals surface area (Å²) in [5, 5.41) is 10.5. The first-order chi connectivity index (χ1) is 18.1. The van der Waals surface area contributed by atoms with Crippen LogP contribution in [0.15, 0.2) is 25.3 Å². The fourth-order valence-corrected chi connectivity index (χ4v) is 7.20. The van der Waals surface area contributed by atoms with Crippen LogP contribution >= 0.6 is 0 Å². The number of esters is 1. The number of likely N-dealkylation sites (tertiary alicyclic amines) is 1. The molecule has 0 aromatic rings. The maximum atomic E-state index is 14.5. The lowest BCUT2D eigenvalue weighted by Gasteiger charge is -2.41. The molecule has 8 nitrogen and oxygen atoms in total. The molecule has 0 aliphatic carbocycles. The fourth-order valence-electron chi connectivity index (χ4n) is 7.20. The van der Waals surface area contributed by atoms with E-state index in [1.807, 2.05) is 27.7 Å². The van der Waals surface area contributed by atoms with Crippen molar-refractivity contribution in [3.63, 3.8) is 0 Å². The Kier molecular flexibility index (Phi) is 9.85. The Morgan fingerprint density at radius 3 is 2.50 bits per heavy atom. The molecule has 0 radical (unpaired) electrons. The number of nitrogens with zero attached hydrogens (tertiary/aromatic N) is 2. The van der Waals surface area contributed by atoms with Crippen molar-refractivity contribution in [2.45, 2.75) is 109 Å². The highest BCUT2D eigenvalue weighted by molar-refractivity contribution is 5.99. The smallest absolute Gasteiger partial charge is 0.312 e. The molecule has 3 aliphatic heterocycles. The van der Waals surface area contributed by atoms with Crippen molar-refractivity contribution in [1.29, 1.82) is 0 Å². The quantitative estimate of drug-likeness (QED) is 0.195. The molecule has 3 fully saturated rings. The molecule has 214 valence electrons. The molecule has 38 heavy (non-hydrogen) atoms. The van der Waals surface area contributed by atoms with Gasteiger partial charge in [-0.2, -0.15) is 0 Å². The predicted octanol–water partition coefficient (Wildman–Crippen LogP) is 3.87. The highest BCUT2D eigenvalue weighted by atomic mass is 16.6. The van der Waals surface area contributed by atoms with Crippen molar-refractivity contribution in [2.75, 3.05) is 19.8 Å². The van der Waals surface area contributed by atoms with E-state index in [1.165, 1.54) is 0 Å². The molecule has 0 aromatic carbocycles. The van der Waals surface area contributed by atoms with Gasteiger partial charge in [-0.25, -0.2) is 0 Å². The molecule has 8 heteroatoms. The van der Waals surface area contributed by atoms with Gasteiger partial charge in [0, 0.05) is 12.6 Å². The lowest BCUT2D eigenvalue weighted by Crippen LogP contribution is -2.60. The third-order valence-electron chi connectivity index (χ3n) is 8.87. The molecule has 0 aromatic heterocycles. The molecule has 2 bridgehead atoms. The second-order valence-corrected chi connectivity index (χ2v) is 11.7. The highest BCUT2D eigenvalue weighted by Gasteiger charge is 2.79. The number of carbonyl (C=O) groups excluding carboxylic acids is 3. The second-order valence-electron chi connectivity index (χ2n) is 11.7. The largest absolute Gasteiger partial charge is 0.465 e. The first kappa shape index (κ1) is 30.4. The summed E-state index contributed by atoms with van der Waals surface area (Å²) in [6, 6.07) is -1.54. The topological polar surface area (TPSA) is 96.4 Å². The van der Waals surface area contributed by atoms with Gasteiger partial charge in [0.2, 0.25) is 11.8 Å². The van der Waals surface area contributed by atoms with E-state index >= 15 is 0 Å². The predicted molar refractivity (Wildman–Crippen MR) is 146 cm³/mol. The van der Waals surface area contributed by atoms with Gasteiger partial charge in [-0.05, 0) is 51.4 Å². The first-order valence-corrected chi connectivity index (χ1v) is 14.4. The van der Waals surface area contributed by atoms with Crippen molar-refractivity contribution in [3.05, 3.63) is 25.3 Å². The van der Waals surface area contributed by atoms with E-state index < -0.39 is 41.1 Å². The number of hydrogen-bond donors (Lipinski definition) is 1. The summed E-state index contributed by atoms with van der Waals surface area (Å²) in [6.45, 7) is 17.9. The number of hydrogen-bond acceptors (Lipinski definition) is 6. The molecule has 3 aliphatic rings. The van der Waals surface area contributed by atoms with Gasteiger partial charge in [0.15, 0.2) is 0 Å².